The molecule has 4 heteroatoms. The highest BCUT2D eigenvalue weighted by Gasteiger charge is 2.15. The van der Waals surface area contributed by atoms with Crippen LogP contribution >= 0.6 is 23.2 Å². The lowest BCUT2D eigenvalue weighted by atomic mass is 9.97. The van der Waals surface area contributed by atoms with Crippen molar-refractivity contribution in [3.8, 4) is 0 Å². The summed E-state index contributed by atoms with van der Waals surface area (Å²) in [4.78, 5) is 12.3. The third-order valence-electron chi connectivity index (χ3n) is 2.93. The number of carbonyl (C=O) groups is 1. The van der Waals surface area contributed by atoms with E-state index >= 15 is 0 Å². The van der Waals surface area contributed by atoms with Crippen LogP contribution in [0.15, 0.2) is 30.3 Å². The molecule has 0 fully saturated rings. The molecule has 0 atom stereocenters. The minimum absolute atomic E-state index is 0.000517. The molecule has 19 heavy (non-hydrogen) atoms. The molecule has 0 spiro atoms. The lowest BCUT2D eigenvalue weighted by Crippen LogP contribution is -2.05. The van der Waals surface area contributed by atoms with Crippen molar-refractivity contribution in [1.29, 1.82) is 0 Å². The van der Waals surface area contributed by atoms with Gasteiger partial charge in [0.1, 0.15) is 5.82 Å². The summed E-state index contributed by atoms with van der Waals surface area (Å²) >= 11 is 11.6. The summed E-state index contributed by atoms with van der Waals surface area (Å²) in [5.74, 6) is -0.844. The van der Waals surface area contributed by atoms with E-state index in [4.69, 9.17) is 23.2 Å². The number of carbonyl (C=O) groups excluding carboxylic acids is 1. The van der Waals surface area contributed by atoms with E-state index in [0.717, 1.165) is 17.2 Å². The predicted octanol–water partition coefficient (Wildman–Crippen LogP) is 4.98. The zero-order chi connectivity index (χ0) is 14.2. The van der Waals surface area contributed by atoms with Gasteiger partial charge in [0.2, 0.25) is 0 Å². The Morgan fingerprint density at radius 3 is 2.32 bits per heavy atom. The Bertz CT molecular complexity index is 665. The third-order valence-corrected chi connectivity index (χ3v) is 3.65. The first-order chi connectivity index (χ1) is 8.90. The van der Waals surface area contributed by atoms with Crippen LogP contribution in [0.3, 0.4) is 0 Å². The van der Waals surface area contributed by atoms with E-state index in [1.807, 2.05) is 6.92 Å². The van der Waals surface area contributed by atoms with E-state index in [-0.39, 0.29) is 16.4 Å². The quantitative estimate of drug-likeness (QED) is 0.714. The van der Waals surface area contributed by atoms with Gasteiger partial charge in [-0.3, -0.25) is 4.79 Å². The zero-order valence-corrected chi connectivity index (χ0v) is 11.9. The number of rotatable bonds is 2. The highest BCUT2D eigenvalue weighted by molar-refractivity contribution is 6.32. The number of halogens is 3. The maximum absolute atomic E-state index is 13.4. The van der Waals surface area contributed by atoms with E-state index < -0.39 is 5.82 Å². The third kappa shape index (κ3) is 2.80. The summed E-state index contributed by atoms with van der Waals surface area (Å²) in [5, 5.41) is 0.608. The van der Waals surface area contributed by atoms with Crippen LogP contribution in [0.5, 0.6) is 0 Å². The second-order valence-electron chi connectivity index (χ2n) is 4.37. The predicted molar refractivity (Wildman–Crippen MR) is 75.8 cm³/mol. The van der Waals surface area contributed by atoms with Gasteiger partial charge < -0.3 is 0 Å². The molecular weight excluding hydrogens is 286 g/mol. The van der Waals surface area contributed by atoms with Crippen LogP contribution in [0.1, 0.15) is 27.0 Å². The van der Waals surface area contributed by atoms with Gasteiger partial charge in [0, 0.05) is 16.1 Å². The maximum atomic E-state index is 13.4. The topological polar surface area (TPSA) is 17.1 Å². The van der Waals surface area contributed by atoms with Gasteiger partial charge in [0.25, 0.3) is 0 Å². The highest BCUT2D eigenvalue weighted by Crippen LogP contribution is 2.24. The van der Waals surface area contributed by atoms with Gasteiger partial charge in [-0.2, -0.15) is 0 Å². The first-order valence-electron chi connectivity index (χ1n) is 5.66. The van der Waals surface area contributed by atoms with Crippen molar-refractivity contribution in [2.24, 2.45) is 0 Å². The molecule has 0 saturated carbocycles. The molecule has 2 aromatic rings. The summed E-state index contributed by atoms with van der Waals surface area (Å²) < 4.78 is 13.4. The van der Waals surface area contributed by atoms with Crippen molar-refractivity contribution in [3.05, 3.63) is 68.4 Å². The minimum Gasteiger partial charge on any atom is -0.289 e. The van der Waals surface area contributed by atoms with Gasteiger partial charge in [0.15, 0.2) is 5.78 Å². The van der Waals surface area contributed by atoms with Crippen LogP contribution in [0.2, 0.25) is 10.0 Å². The number of hydrogen-bond donors (Lipinski definition) is 0. The Kier molecular flexibility index (Phi) is 3.93. The molecule has 0 heterocycles. The first kappa shape index (κ1) is 14.0. The Labute approximate surface area is 121 Å². The molecule has 0 N–H and O–H groups in total. The molecule has 0 saturated heterocycles. The van der Waals surface area contributed by atoms with Gasteiger partial charge >= 0.3 is 0 Å². The number of aryl methyl sites for hydroxylation is 2. The van der Waals surface area contributed by atoms with Gasteiger partial charge in [-0.1, -0.05) is 23.2 Å². The molecule has 0 amide bonds. The van der Waals surface area contributed by atoms with Crippen LogP contribution in [0, 0.1) is 19.7 Å². The van der Waals surface area contributed by atoms with Crippen molar-refractivity contribution in [1.82, 2.24) is 0 Å². The van der Waals surface area contributed by atoms with Crippen molar-refractivity contribution >= 4 is 29.0 Å². The number of hydrogen-bond acceptors (Lipinski definition) is 1. The standard InChI is InChI=1S/C15H11Cl2FO/c1-8-6-13(17)9(2)5-11(8)15(19)10-3-4-12(16)14(18)7-10/h3-7H,1-2H3. The molecule has 98 valence electrons. The van der Waals surface area contributed by atoms with E-state index in [1.165, 1.54) is 12.1 Å². The second-order valence-corrected chi connectivity index (χ2v) is 5.19. The van der Waals surface area contributed by atoms with Crippen LogP contribution in [0.25, 0.3) is 0 Å². The Hall–Kier alpha value is -1.38. The molecule has 0 aliphatic carbocycles. The van der Waals surface area contributed by atoms with Crippen LogP contribution in [-0.4, -0.2) is 5.78 Å². The van der Waals surface area contributed by atoms with Crippen molar-refractivity contribution in [3.63, 3.8) is 0 Å². The van der Waals surface area contributed by atoms with Gasteiger partial charge in [-0.05, 0) is 55.3 Å². The molecule has 0 aliphatic heterocycles. The average molecular weight is 297 g/mol. The summed E-state index contributed by atoms with van der Waals surface area (Å²) in [7, 11) is 0. The SMILES string of the molecule is Cc1cc(C(=O)c2ccc(Cl)c(F)c2)c(C)cc1Cl. The Morgan fingerprint density at radius 2 is 1.68 bits per heavy atom. The molecule has 2 rings (SSSR count). The second kappa shape index (κ2) is 5.32. The van der Waals surface area contributed by atoms with Crippen molar-refractivity contribution in [2.45, 2.75) is 13.8 Å². The molecule has 0 aromatic heterocycles. The molecule has 0 bridgehead atoms. The van der Waals surface area contributed by atoms with Crippen molar-refractivity contribution < 1.29 is 9.18 Å². The lowest BCUT2D eigenvalue weighted by molar-refractivity contribution is 0.103. The van der Waals surface area contributed by atoms with Crippen molar-refractivity contribution in [2.75, 3.05) is 0 Å². The molecular formula is C15H11Cl2FO. The first-order valence-corrected chi connectivity index (χ1v) is 6.42. The molecule has 0 aliphatic rings. The van der Waals surface area contributed by atoms with E-state index in [2.05, 4.69) is 0 Å². The molecule has 0 unspecified atom stereocenters. The number of ketones is 1. The van der Waals surface area contributed by atoms with Gasteiger partial charge in [-0.15, -0.1) is 0 Å². The van der Waals surface area contributed by atoms with Gasteiger partial charge in [-0.25, -0.2) is 4.39 Å². The average Bonchev–Trinajstić information content (AvgIpc) is 2.36. The fourth-order valence-corrected chi connectivity index (χ4v) is 2.15. The molecule has 2 aromatic carbocycles. The van der Waals surface area contributed by atoms with E-state index in [1.54, 1.807) is 19.1 Å². The fraction of sp³-hybridized carbons (Fsp3) is 0.133. The number of benzene rings is 2. The van der Waals surface area contributed by atoms with Crippen LogP contribution < -0.4 is 0 Å². The minimum atomic E-state index is -0.601. The summed E-state index contributed by atoms with van der Waals surface area (Å²) in [6.45, 7) is 3.62. The fourth-order valence-electron chi connectivity index (χ4n) is 1.82. The molecule has 1 nitrogen and oxygen atoms in total. The summed E-state index contributed by atoms with van der Waals surface area (Å²) in [6, 6.07) is 7.48. The highest BCUT2D eigenvalue weighted by atomic mass is 35.5. The normalized spacial score (nSPS) is 10.6. The zero-order valence-electron chi connectivity index (χ0n) is 10.4. The van der Waals surface area contributed by atoms with Crippen LogP contribution in [0.4, 0.5) is 4.39 Å². The Balaban J connectivity index is 2.49. The summed E-state index contributed by atoms with van der Waals surface area (Å²) in [5.41, 5.74) is 2.36. The monoisotopic (exact) mass is 296 g/mol. The van der Waals surface area contributed by atoms with Gasteiger partial charge in [0.05, 0.1) is 5.02 Å². The molecule has 0 radical (unpaired) electrons. The maximum Gasteiger partial charge on any atom is 0.193 e. The smallest absolute Gasteiger partial charge is 0.193 e. The van der Waals surface area contributed by atoms with Crippen LogP contribution in [-0.2, 0) is 0 Å². The Morgan fingerprint density at radius 1 is 1.00 bits per heavy atom. The lowest BCUT2D eigenvalue weighted by Gasteiger charge is -2.08. The van der Waals surface area contributed by atoms with E-state index in [0.29, 0.717) is 10.6 Å². The van der Waals surface area contributed by atoms with E-state index in [9.17, 15) is 9.18 Å². The summed E-state index contributed by atoms with van der Waals surface area (Å²) in [6.07, 6.45) is 0. The largest absolute Gasteiger partial charge is 0.289 e.